The quantitative estimate of drug-likeness (QED) is 0.625. The van der Waals surface area contributed by atoms with Crippen molar-refractivity contribution in [2.75, 3.05) is 30.5 Å². The summed E-state index contributed by atoms with van der Waals surface area (Å²) in [5.74, 6) is 0.0692. The zero-order valence-corrected chi connectivity index (χ0v) is 16.0. The van der Waals surface area contributed by atoms with Gasteiger partial charge in [0.25, 0.3) is 5.91 Å². The Morgan fingerprint density at radius 2 is 1.97 bits per heavy atom. The van der Waals surface area contributed by atoms with Gasteiger partial charge < -0.3 is 25.8 Å². The van der Waals surface area contributed by atoms with Crippen LogP contribution in [0, 0.1) is 0 Å². The normalized spacial score (nSPS) is 25.4. The maximum atomic E-state index is 12.3. The molecule has 2 heterocycles. The van der Waals surface area contributed by atoms with E-state index in [0.29, 0.717) is 50.7 Å². The molecule has 8 nitrogen and oxygen atoms in total. The van der Waals surface area contributed by atoms with Crippen LogP contribution >= 0.6 is 0 Å². The zero-order chi connectivity index (χ0) is 20.9. The van der Waals surface area contributed by atoms with E-state index >= 15 is 0 Å². The van der Waals surface area contributed by atoms with E-state index in [1.165, 1.54) is 6.20 Å². The van der Waals surface area contributed by atoms with Crippen LogP contribution in [0.3, 0.4) is 0 Å². The summed E-state index contributed by atoms with van der Waals surface area (Å²) < 4.78 is 47.2. The first-order valence-electron chi connectivity index (χ1n) is 9.76. The molecule has 1 aromatic rings. The van der Waals surface area contributed by atoms with E-state index < -0.39 is 24.8 Å². The summed E-state index contributed by atoms with van der Waals surface area (Å²) >= 11 is 0. The lowest BCUT2D eigenvalue weighted by Gasteiger charge is -2.29. The van der Waals surface area contributed by atoms with Gasteiger partial charge in [0.05, 0.1) is 24.3 Å². The second-order valence-corrected chi connectivity index (χ2v) is 7.42. The zero-order valence-electron chi connectivity index (χ0n) is 16.0. The Labute approximate surface area is 166 Å². The van der Waals surface area contributed by atoms with E-state index in [1.54, 1.807) is 0 Å². The molecule has 1 aromatic heterocycles. The van der Waals surface area contributed by atoms with Crippen molar-refractivity contribution < 1.29 is 27.4 Å². The molecule has 29 heavy (non-hydrogen) atoms. The second kappa shape index (κ2) is 9.57. The van der Waals surface area contributed by atoms with E-state index in [2.05, 4.69) is 20.6 Å². The Kier molecular flexibility index (Phi) is 7.12. The molecule has 0 radical (unpaired) electrons. The van der Waals surface area contributed by atoms with E-state index in [1.807, 2.05) is 0 Å². The lowest BCUT2D eigenvalue weighted by Crippen LogP contribution is -2.33. The molecule has 1 saturated carbocycles. The Hall–Kier alpha value is -2.14. The molecule has 1 atom stereocenters. The molecular weight excluding hydrogens is 391 g/mol. The minimum Gasteiger partial charge on any atom is -0.379 e. The molecule has 2 aliphatic rings. The van der Waals surface area contributed by atoms with E-state index in [9.17, 15) is 18.0 Å². The lowest BCUT2D eigenvalue weighted by molar-refractivity contribution is -0.187. The van der Waals surface area contributed by atoms with Crippen LogP contribution in [0.25, 0.3) is 0 Å². The number of aromatic nitrogens is 2. The molecule has 1 aliphatic heterocycles. The molecule has 1 saturated heterocycles. The minimum absolute atomic E-state index is 0.0195. The number of amides is 1. The third-order valence-electron chi connectivity index (χ3n) is 5.05. The van der Waals surface area contributed by atoms with Gasteiger partial charge in [0.15, 0.2) is 0 Å². The monoisotopic (exact) mass is 417 g/mol. The van der Waals surface area contributed by atoms with Crippen LogP contribution in [-0.4, -0.2) is 60.1 Å². The first-order valence-corrected chi connectivity index (χ1v) is 9.76. The van der Waals surface area contributed by atoms with Gasteiger partial charge in [-0.05, 0) is 38.5 Å². The van der Waals surface area contributed by atoms with Crippen molar-refractivity contribution in [3.05, 3.63) is 11.8 Å². The summed E-state index contributed by atoms with van der Waals surface area (Å²) in [6, 6.07) is 0.0526. The molecule has 4 N–H and O–H groups in total. The number of primary amides is 1. The maximum absolute atomic E-state index is 12.3. The fourth-order valence-electron chi connectivity index (χ4n) is 3.56. The van der Waals surface area contributed by atoms with Gasteiger partial charge in [-0.25, -0.2) is 4.98 Å². The molecule has 11 heteroatoms. The number of rotatable bonds is 7. The largest absolute Gasteiger partial charge is 0.411 e. The number of hydrogen-bond donors (Lipinski definition) is 3. The Morgan fingerprint density at radius 1 is 1.21 bits per heavy atom. The fraction of sp³-hybridized carbons (Fsp3) is 0.722. The standard InChI is InChI=1S/C18H26F3N5O3/c19-18(20,21)10-29-13-5-3-11(4-6-13)25-17-23-8-14(15(22)27)16(26-17)24-12-2-1-7-28-9-12/h8,11-13H,1-7,9-10H2,(H2,22,27)(H2,23,24,25,26). The van der Waals surface area contributed by atoms with Gasteiger partial charge in [-0.1, -0.05) is 0 Å². The molecule has 0 bridgehead atoms. The molecule has 0 aromatic carbocycles. The highest BCUT2D eigenvalue weighted by atomic mass is 19.4. The van der Waals surface area contributed by atoms with Crippen LogP contribution in [-0.2, 0) is 9.47 Å². The van der Waals surface area contributed by atoms with Crippen LogP contribution in [0.2, 0.25) is 0 Å². The van der Waals surface area contributed by atoms with Crippen LogP contribution in [0.15, 0.2) is 6.20 Å². The van der Waals surface area contributed by atoms with E-state index in [4.69, 9.17) is 15.2 Å². The summed E-state index contributed by atoms with van der Waals surface area (Å²) in [4.78, 5) is 20.3. The first kappa shape index (κ1) is 21.6. The number of nitrogens with zero attached hydrogens (tertiary/aromatic N) is 2. The summed E-state index contributed by atoms with van der Waals surface area (Å²) in [6.45, 7) is 0.0209. The van der Waals surface area contributed by atoms with Crippen molar-refractivity contribution in [3.63, 3.8) is 0 Å². The van der Waals surface area contributed by atoms with Crippen molar-refractivity contribution in [2.45, 2.75) is 62.9 Å². The Bertz CT molecular complexity index is 690. The molecule has 3 rings (SSSR count). The molecule has 2 fully saturated rings. The molecule has 1 unspecified atom stereocenters. The summed E-state index contributed by atoms with van der Waals surface area (Å²) in [6.07, 6.45) is 0.823. The number of nitrogens with two attached hydrogens (primary N) is 1. The number of halogens is 3. The maximum Gasteiger partial charge on any atom is 0.411 e. The smallest absolute Gasteiger partial charge is 0.379 e. The highest BCUT2D eigenvalue weighted by molar-refractivity contribution is 5.97. The number of carbonyl (C=O) groups is 1. The number of ether oxygens (including phenoxy) is 2. The van der Waals surface area contributed by atoms with Gasteiger partial charge in [-0.2, -0.15) is 18.2 Å². The SMILES string of the molecule is NC(=O)c1cnc(NC2CCC(OCC(F)(F)F)CC2)nc1NC1CCCOC1. The third-order valence-corrected chi connectivity index (χ3v) is 5.05. The molecule has 1 amide bonds. The molecule has 0 spiro atoms. The summed E-state index contributed by atoms with van der Waals surface area (Å²) in [5, 5.41) is 6.40. The summed E-state index contributed by atoms with van der Waals surface area (Å²) in [5.41, 5.74) is 5.62. The van der Waals surface area contributed by atoms with Crippen molar-refractivity contribution in [1.29, 1.82) is 0 Å². The van der Waals surface area contributed by atoms with Crippen molar-refractivity contribution in [3.8, 4) is 0 Å². The third kappa shape index (κ3) is 6.70. The van der Waals surface area contributed by atoms with E-state index in [0.717, 1.165) is 12.8 Å². The second-order valence-electron chi connectivity index (χ2n) is 7.42. The van der Waals surface area contributed by atoms with Crippen LogP contribution in [0.5, 0.6) is 0 Å². The number of carbonyl (C=O) groups excluding carboxylic acids is 1. The van der Waals surface area contributed by atoms with Gasteiger partial charge >= 0.3 is 6.18 Å². The number of anilines is 2. The lowest BCUT2D eigenvalue weighted by atomic mass is 9.93. The Morgan fingerprint density at radius 3 is 2.59 bits per heavy atom. The topological polar surface area (TPSA) is 111 Å². The molecular formula is C18H26F3N5O3. The molecule has 162 valence electrons. The van der Waals surface area contributed by atoms with Crippen molar-refractivity contribution in [2.24, 2.45) is 5.73 Å². The van der Waals surface area contributed by atoms with Gasteiger partial charge in [0.2, 0.25) is 5.95 Å². The number of hydrogen-bond acceptors (Lipinski definition) is 7. The van der Waals surface area contributed by atoms with Gasteiger partial charge in [0.1, 0.15) is 12.4 Å². The first-order chi connectivity index (χ1) is 13.8. The van der Waals surface area contributed by atoms with Crippen LogP contribution in [0.1, 0.15) is 48.9 Å². The highest BCUT2D eigenvalue weighted by Gasteiger charge is 2.31. The van der Waals surface area contributed by atoms with Gasteiger partial charge in [-0.3, -0.25) is 4.79 Å². The van der Waals surface area contributed by atoms with Crippen molar-refractivity contribution >= 4 is 17.7 Å². The average molecular weight is 417 g/mol. The minimum atomic E-state index is -4.31. The van der Waals surface area contributed by atoms with Crippen LogP contribution in [0.4, 0.5) is 24.9 Å². The van der Waals surface area contributed by atoms with Gasteiger partial charge in [0, 0.05) is 18.8 Å². The van der Waals surface area contributed by atoms with Gasteiger partial charge in [-0.15, -0.1) is 0 Å². The predicted octanol–water partition coefficient (Wildman–Crippen LogP) is 2.47. The van der Waals surface area contributed by atoms with E-state index in [-0.39, 0.29) is 17.6 Å². The average Bonchev–Trinajstić information content (AvgIpc) is 2.68. The highest BCUT2D eigenvalue weighted by Crippen LogP contribution is 2.26. The van der Waals surface area contributed by atoms with Crippen LogP contribution < -0.4 is 16.4 Å². The Balaban J connectivity index is 1.57. The molecule has 1 aliphatic carbocycles. The number of alkyl halides is 3. The number of nitrogens with one attached hydrogen (secondary N) is 2. The predicted molar refractivity (Wildman–Crippen MR) is 99.7 cm³/mol. The van der Waals surface area contributed by atoms with Crippen molar-refractivity contribution in [1.82, 2.24) is 9.97 Å². The fourth-order valence-corrected chi connectivity index (χ4v) is 3.56. The summed E-state index contributed by atoms with van der Waals surface area (Å²) in [7, 11) is 0.